The van der Waals surface area contributed by atoms with Crippen molar-refractivity contribution < 1.29 is 19.2 Å². The molecule has 0 spiro atoms. The molecule has 0 aliphatic carbocycles. The van der Waals surface area contributed by atoms with Gasteiger partial charge >= 0.3 is 0 Å². The van der Waals surface area contributed by atoms with Crippen LogP contribution in [0.5, 0.6) is 0 Å². The Morgan fingerprint density at radius 3 is 2.72 bits per heavy atom. The highest BCUT2D eigenvalue weighted by atomic mass is 35.5. The lowest BCUT2D eigenvalue weighted by Gasteiger charge is -2.28. The molecule has 0 bridgehead atoms. The number of carbonyl (C=O) groups excluding carboxylic acids is 4. The maximum atomic E-state index is 13.3. The molecule has 1 saturated heterocycles. The lowest BCUT2D eigenvalue weighted by molar-refractivity contribution is -0.136. The number of aromatic nitrogens is 2. The largest absolute Gasteiger partial charge is 0.351 e. The zero-order chi connectivity index (χ0) is 22.8. The molecule has 2 aliphatic heterocycles. The lowest BCUT2D eigenvalue weighted by Crippen LogP contribution is -2.54. The molecule has 1 aromatic carbocycles. The number of hydrogen-bond acceptors (Lipinski definition) is 8. The summed E-state index contributed by atoms with van der Waals surface area (Å²) in [5, 5.41) is 2.43. The number of nitrogens with zero attached hydrogens (tertiary/aromatic N) is 4. The smallest absolute Gasteiger partial charge is 0.262 e. The topological polar surface area (TPSA) is 139 Å². The minimum Gasteiger partial charge on any atom is -0.351 e. The summed E-state index contributed by atoms with van der Waals surface area (Å²) in [5.41, 5.74) is 6.76. The van der Waals surface area contributed by atoms with Crippen LogP contribution in [0.15, 0.2) is 30.6 Å². The van der Waals surface area contributed by atoms with E-state index in [1.54, 1.807) is 24.4 Å². The molecule has 11 heteroatoms. The second kappa shape index (κ2) is 9.01. The van der Waals surface area contributed by atoms with Crippen molar-refractivity contribution in [3.8, 4) is 0 Å². The highest BCUT2D eigenvalue weighted by molar-refractivity contribution is 6.29. The van der Waals surface area contributed by atoms with Crippen LogP contribution in [0.2, 0.25) is 5.15 Å². The van der Waals surface area contributed by atoms with E-state index in [0.29, 0.717) is 30.9 Å². The fraction of sp³-hybridized carbons (Fsp3) is 0.333. The van der Waals surface area contributed by atoms with Crippen LogP contribution in [-0.4, -0.2) is 57.6 Å². The van der Waals surface area contributed by atoms with Crippen LogP contribution in [0.25, 0.3) is 0 Å². The van der Waals surface area contributed by atoms with E-state index in [-0.39, 0.29) is 35.7 Å². The van der Waals surface area contributed by atoms with Crippen molar-refractivity contribution in [2.75, 3.05) is 18.0 Å². The first kappa shape index (κ1) is 21.8. The van der Waals surface area contributed by atoms with Gasteiger partial charge in [-0.1, -0.05) is 23.7 Å². The van der Waals surface area contributed by atoms with Gasteiger partial charge in [-0.05, 0) is 31.0 Å². The average molecular weight is 457 g/mol. The van der Waals surface area contributed by atoms with Gasteiger partial charge in [0.1, 0.15) is 17.0 Å². The van der Waals surface area contributed by atoms with E-state index in [1.807, 2.05) is 4.90 Å². The van der Waals surface area contributed by atoms with Gasteiger partial charge in [0.05, 0.1) is 23.5 Å². The predicted molar refractivity (Wildman–Crippen MR) is 115 cm³/mol. The van der Waals surface area contributed by atoms with Gasteiger partial charge in [0, 0.05) is 19.5 Å². The number of amides is 4. The Labute approximate surface area is 188 Å². The fourth-order valence-corrected chi connectivity index (χ4v) is 4.11. The normalized spacial score (nSPS) is 18.1. The van der Waals surface area contributed by atoms with Gasteiger partial charge in [0.15, 0.2) is 0 Å². The summed E-state index contributed by atoms with van der Waals surface area (Å²) in [6.07, 6.45) is 3.82. The highest BCUT2D eigenvalue weighted by Crippen LogP contribution is 2.31. The van der Waals surface area contributed by atoms with Crippen LogP contribution in [-0.2, 0) is 16.1 Å². The molecule has 2 aromatic rings. The number of imide groups is 2. The van der Waals surface area contributed by atoms with Gasteiger partial charge in [-0.3, -0.25) is 34.4 Å². The van der Waals surface area contributed by atoms with Crippen molar-refractivity contribution >= 4 is 41.0 Å². The number of carbonyl (C=O) groups is 4. The minimum absolute atomic E-state index is 0.0664. The summed E-state index contributed by atoms with van der Waals surface area (Å²) >= 11 is 6.00. The quantitative estimate of drug-likeness (QED) is 0.585. The molecule has 0 radical (unpaired) electrons. The van der Waals surface area contributed by atoms with Crippen LogP contribution in [0.1, 0.15) is 45.5 Å². The molecule has 166 valence electrons. The third-order valence-electron chi connectivity index (χ3n) is 5.46. The molecular weight excluding hydrogens is 436 g/mol. The van der Waals surface area contributed by atoms with Crippen molar-refractivity contribution in [2.24, 2.45) is 5.73 Å². The Bertz CT molecular complexity index is 1110. The number of halogens is 1. The van der Waals surface area contributed by atoms with Crippen LogP contribution >= 0.6 is 11.6 Å². The maximum absolute atomic E-state index is 13.3. The van der Waals surface area contributed by atoms with Crippen LogP contribution in [0, 0.1) is 0 Å². The van der Waals surface area contributed by atoms with Crippen molar-refractivity contribution in [1.29, 1.82) is 0 Å². The SMILES string of the molecule is NCCCN(Cc1cccc2c1C(=O)N(C1CCC(=O)NC1=O)C2=O)c1cncc(Cl)n1. The second-order valence-electron chi connectivity index (χ2n) is 7.55. The number of nitrogens with two attached hydrogens (primary N) is 1. The molecule has 1 unspecified atom stereocenters. The third-order valence-corrected chi connectivity index (χ3v) is 5.65. The van der Waals surface area contributed by atoms with Crippen LogP contribution in [0.3, 0.4) is 0 Å². The summed E-state index contributed by atoms with van der Waals surface area (Å²) in [7, 11) is 0. The van der Waals surface area contributed by atoms with Crippen LogP contribution < -0.4 is 16.0 Å². The summed E-state index contributed by atoms with van der Waals surface area (Å²) in [6.45, 7) is 1.26. The number of piperidine rings is 1. The van der Waals surface area contributed by atoms with E-state index < -0.39 is 29.7 Å². The van der Waals surface area contributed by atoms with Crippen molar-refractivity contribution in [1.82, 2.24) is 20.2 Å². The Morgan fingerprint density at radius 1 is 1.19 bits per heavy atom. The van der Waals surface area contributed by atoms with Gasteiger partial charge in [-0.25, -0.2) is 4.98 Å². The second-order valence-corrected chi connectivity index (χ2v) is 7.94. The first-order valence-electron chi connectivity index (χ1n) is 10.2. The van der Waals surface area contributed by atoms with Crippen molar-refractivity contribution in [3.63, 3.8) is 0 Å². The van der Waals surface area contributed by atoms with E-state index in [9.17, 15) is 19.2 Å². The van der Waals surface area contributed by atoms with Gasteiger partial charge in [-0.2, -0.15) is 0 Å². The molecule has 2 aliphatic rings. The number of nitrogens with one attached hydrogen (secondary N) is 1. The number of hydrogen-bond donors (Lipinski definition) is 2. The molecular formula is C21H21ClN6O4. The van der Waals surface area contributed by atoms with Gasteiger partial charge in [-0.15, -0.1) is 0 Å². The van der Waals surface area contributed by atoms with Crippen LogP contribution in [0.4, 0.5) is 5.82 Å². The van der Waals surface area contributed by atoms with E-state index in [1.165, 1.54) is 6.20 Å². The first-order chi connectivity index (χ1) is 15.4. The molecule has 4 amide bonds. The average Bonchev–Trinajstić information content (AvgIpc) is 3.02. The summed E-state index contributed by atoms with van der Waals surface area (Å²) in [6, 6.07) is 4.00. The Kier molecular flexibility index (Phi) is 6.15. The van der Waals surface area contributed by atoms with E-state index in [4.69, 9.17) is 17.3 Å². The number of fused-ring (bicyclic) bond motifs is 1. The van der Waals surface area contributed by atoms with Crippen molar-refractivity contribution in [3.05, 3.63) is 52.4 Å². The Balaban J connectivity index is 1.66. The zero-order valence-corrected chi connectivity index (χ0v) is 17.8. The molecule has 1 atom stereocenters. The monoisotopic (exact) mass is 456 g/mol. The summed E-state index contributed by atoms with van der Waals surface area (Å²) in [4.78, 5) is 61.3. The molecule has 1 fully saturated rings. The Hall–Kier alpha value is -3.37. The summed E-state index contributed by atoms with van der Waals surface area (Å²) in [5.74, 6) is -1.64. The molecule has 4 rings (SSSR count). The molecule has 0 saturated carbocycles. The van der Waals surface area contributed by atoms with E-state index in [2.05, 4.69) is 15.3 Å². The zero-order valence-electron chi connectivity index (χ0n) is 17.1. The molecule has 32 heavy (non-hydrogen) atoms. The number of rotatable bonds is 7. The standard InChI is InChI=1S/C21H21ClN6O4/c22-15-9-24-10-16(25-15)27(8-2-7-23)11-12-3-1-4-13-18(12)21(32)28(20(13)31)14-5-6-17(29)26-19(14)30/h1,3-4,9-10,14H,2,5-8,11,23H2,(H,26,29,30). The number of anilines is 1. The lowest BCUT2D eigenvalue weighted by atomic mass is 10.0. The maximum Gasteiger partial charge on any atom is 0.262 e. The fourth-order valence-electron chi connectivity index (χ4n) is 3.96. The van der Waals surface area contributed by atoms with Crippen molar-refractivity contribution in [2.45, 2.75) is 31.8 Å². The molecule has 3 heterocycles. The van der Waals surface area contributed by atoms with Gasteiger partial charge in [0.25, 0.3) is 11.8 Å². The summed E-state index contributed by atoms with van der Waals surface area (Å²) < 4.78 is 0. The number of benzene rings is 1. The van der Waals surface area contributed by atoms with Gasteiger partial charge < -0.3 is 10.6 Å². The molecule has 1 aromatic heterocycles. The minimum atomic E-state index is -1.01. The highest BCUT2D eigenvalue weighted by Gasteiger charge is 2.45. The molecule has 3 N–H and O–H groups in total. The third kappa shape index (κ3) is 4.06. The van der Waals surface area contributed by atoms with E-state index in [0.717, 1.165) is 4.90 Å². The molecule has 10 nitrogen and oxygen atoms in total. The van der Waals surface area contributed by atoms with Gasteiger partial charge in [0.2, 0.25) is 11.8 Å². The Morgan fingerprint density at radius 2 is 2.00 bits per heavy atom. The predicted octanol–water partition coefficient (Wildman–Crippen LogP) is 0.887. The first-order valence-corrected chi connectivity index (χ1v) is 10.5. The van der Waals surface area contributed by atoms with E-state index >= 15 is 0 Å².